The van der Waals surface area contributed by atoms with Crippen LogP contribution in [0.15, 0.2) is 46.8 Å². The number of hydrogen-bond donors (Lipinski definition) is 2. The molecule has 0 unspecified atom stereocenters. The second kappa shape index (κ2) is 10.4. The summed E-state index contributed by atoms with van der Waals surface area (Å²) in [5.74, 6) is 0.796. The lowest BCUT2D eigenvalue weighted by Gasteiger charge is -2.25. The zero-order valence-electron chi connectivity index (χ0n) is 14.9. The topological polar surface area (TPSA) is 60.2 Å². The maximum Gasteiger partial charge on any atom is 0.191 e. The van der Waals surface area contributed by atoms with Crippen LogP contribution >= 0.6 is 35.3 Å². The minimum Gasteiger partial charge on any atom is -0.357 e. The number of guanidine groups is 1. The minimum absolute atomic E-state index is 0. The van der Waals surface area contributed by atoms with Gasteiger partial charge < -0.3 is 10.6 Å². The summed E-state index contributed by atoms with van der Waals surface area (Å²) in [7, 11) is 0. The Morgan fingerprint density at radius 2 is 2.04 bits per heavy atom. The molecule has 4 nitrogen and oxygen atoms in total. The molecule has 2 N–H and O–H groups in total. The van der Waals surface area contributed by atoms with E-state index in [0.29, 0.717) is 12.1 Å². The fourth-order valence-corrected chi connectivity index (χ4v) is 3.16. The van der Waals surface area contributed by atoms with Gasteiger partial charge in [-0.15, -0.1) is 35.3 Å². The van der Waals surface area contributed by atoms with Crippen molar-refractivity contribution in [3.63, 3.8) is 0 Å². The van der Waals surface area contributed by atoms with E-state index in [-0.39, 0.29) is 29.4 Å². The third-order valence-electron chi connectivity index (χ3n) is 3.71. The zero-order chi connectivity index (χ0) is 17.4. The average molecular weight is 468 g/mol. The van der Waals surface area contributed by atoms with Crippen molar-refractivity contribution in [2.24, 2.45) is 4.99 Å². The largest absolute Gasteiger partial charge is 0.357 e. The molecule has 0 atom stereocenters. The van der Waals surface area contributed by atoms with E-state index in [1.165, 1.54) is 4.88 Å². The molecule has 0 amide bonds. The smallest absolute Gasteiger partial charge is 0.191 e. The van der Waals surface area contributed by atoms with Gasteiger partial charge in [0.15, 0.2) is 5.96 Å². The predicted molar refractivity (Wildman–Crippen MR) is 117 cm³/mol. The van der Waals surface area contributed by atoms with Crippen molar-refractivity contribution >= 4 is 41.3 Å². The highest BCUT2D eigenvalue weighted by molar-refractivity contribution is 14.0. The van der Waals surface area contributed by atoms with Crippen LogP contribution in [0.1, 0.15) is 36.8 Å². The highest BCUT2D eigenvalue weighted by Crippen LogP contribution is 2.26. The third kappa shape index (κ3) is 6.67. The molecule has 134 valence electrons. The lowest BCUT2D eigenvalue weighted by molar-refractivity contribution is 0.518. The van der Waals surface area contributed by atoms with Crippen LogP contribution in [-0.4, -0.2) is 19.0 Å². The fraction of sp³-hybridized carbons (Fsp3) is 0.368. The molecule has 0 radical (unpaired) electrons. The summed E-state index contributed by atoms with van der Waals surface area (Å²) in [5.41, 5.74) is 1.74. The van der Waals surface area contributed by atoms with Crippen LogP contribution < -0.4 is 10.6 Å². The third-order valence-corrected chi connectivity index (χ3v) is 4.94. The average Bonchev–Trinajstić information content (AvgIpc) is 3.13. The first-order valence-corrected chi connectivity index (χ1v) is 8.98. The van der Waals surface area contributed by atoms with E-state index in [2.05, 4.69) is 60.0 Å². The zero-order valence-corrected chi connectivity index (χ0v) is 18.0. The number of halogens is 1. The van der Waals surface area contributed by atoms with E-state index in [4.69, 9.17) is 5.26 Å². The fourth-order valence-electron chi connectivity index (χ4n) is 2.31. The Hall–Kier alpha value is -1.59. The van der Waals surface area contributed by atoms with Gasteiger partial charge in [-0.05, 0) is 36.1 Å². The first kappa shape index (κ1) is 21.5. The molecule has 1 aromatic carbocycles. The van der Waals surface area contributed by atoms with Crippen molar-refractivity contribution in [3.05, 3.63) is 57.8 Å². The Morgan fingerprint density at radius 3 is 2.68 bits per heavy atom. The standard InChI is InChI=1S/C19H24N4S.HI/c1-4-21-18(22-13-16-8-5-7-15(11-16)12-20)23-14-19(2,3)17-9-6-10-24-17;/h5-11H,4,13-14H2,1-3H3,(H2,21,22,23);1H. The van der Waals surface area contributed by atoms with Gasteiger partial charge in [0.05, 0.1) is 18.2 Å². The summed E-state index contributed by atoms with van der Waals surface area (Å²) in [6.07, 6.45) is 0. The van der Waals surface area contributed by atoms with E-state index < -0.39 is 0 Å². The van der Waals surface area contributed by atoms with Crippen LogP contribution in [0.3, 0.4) is 0 Å². The highest BCUT2D eigenvalue weighted by atomic mass is 127. The van der Waals surface area contributed by atoms with Crippen molar-refractivity contribution in [1.82, 2.24) is 10.6 Å². The SMILES string of the molecule is CCNC(=NCc1cccc(C#N)c1)NCC(C)(C)c1cccs1.I. The number of benzene rings is 1. The van der Waals surface area contributed by atoms with E-state index in [0.717, 1.165) is 24.6 Å². The van der Waals surface area contributed by atoms with Crippen LogP contribution in [0.2, 0.25) is 0 Å². The quantitative estimate of drug-likeness (QED) is 0.378. The molecule has 25 heavy (non-hydrogen) atoms. The number of hydrogen-bond acceptors (Lipinski definition) is 3. The number of nitrogens with zero attached hydrogens (tertiary/aromatic N) is 2. The van der Waals surface area contributed by atoms with Gasteiger partial charge in [0, 0.05) is 23.4 Å². The van der Waals surface area contributed by atoms with E-state index in [1.807, 2.05) is 18.2 Å². The van der Waals surface area contributed by atoms with Gasteiger partial charge in [-0.1, -0.05) is 32.0 Å². The summed E-state index contributed by atoms with van der Waals surface area (Å²) < 4.78 is 0. The summed E-state index contributed by atoms with van der Waals surface area (Å²) >= 11 is 1.78. The molecule has 0 bridgehead atoms. The molecule has 0 aliphatic carbocycles. The molecule has 0 spiro atoms. The van der Waals surface area contributed by atoms with Gasteiger partial charge in [0.25, 0.3) is 0 Å². The van der Waals surface area contributed by atoms with Crippen molar-refractivity contribution < 1.29 is 0 Å². The first-order valence-electron chi connectivity index (χ1n) is 8.10. The highest BCUT2D eigenvalue weighted by Gasteiger charge is 2.21. The molecule has 0 aliphatic rings. The van der Waals surface area contributed by atoms with Crippen molar-refractivity contribution in [2.45, 2.75) is 32.7 Å². The molecule has 2 aromatic rings. The number of rotatable bonds is 6. The maximum atomic E-state index is 8.98. The van der Waals surface area contributed by atoms with Crippen LogP contribution in [-0.2, 0) is 12.0 Å². The van der Waals surface area contributed by atoms with E-state index in [9.17, 15) is 0 Å². The molecule has 0 saturated heterocycles. The van der Waals surface area contributed by atoms with Gasteiger partial charge in [-0.2, -0.15) is 5.26 Å². The number of nitrogens with one attached hydrogen (secondary N) is 2. The van der Waals surface area contributed by atoms with Gasteiger partial charge in [-0.25, -0.2) is 4.99 Å². The molecule has 1 heterocycles. The van der Waals surface area contributed by atoms with Crippen LogP contribution in [0.25, 0.3) is 0 Å². The molecule has 1 aromatic heterocycles. The van der Waals surface area contributed by atoms with Crippen molar-refractivity contribution in [1.29, 1.82) is 5.26 Å². The Labute approximate surface area is 171 Å². The van der Waals surface area contributed by atoms with E-state index >= 15 is 0 Å². The second-order valence-corrected chi connectivity index (χ2v) is 7.17. The minimum atomic E-state index is 0. The predicted octanol–water partition coefficient (Wildman–Crippen LogP) is 4.27. The monoisotopic (exact) mass is 468 g/mol. The Bertz CT molecular complexity index is 717. The number of thiophene rings is 1. The normalized spacial score (nSPS) is 11.4. The molecular weight excluding hydrogens is 443 g/mol. The summed E-state index contributed by atoms with van der Waals surface area (Å²) in [5, 5.41) is 17.8. The molecule has 0 saturated carbocycles. The van der Waals surface area contributed by atoms with Crippen LogP contribution in [0.4, 0.5) is 0 Å². The van der Waals surface area contributed by atoms with Crippen LogP contribution in [0.5, 0.6) is 0 Å². The summed E-state index contributed by atoms with van der Waals surface area (Å²) in [4.78, 5) is 5.99. The van der Waals surface area contributed by atoms with Crippen LogP contribution in [0, 0.1) is 11.3 Å². The summed E-state index contributed by atoms with van der Waals surface area (Å²) in [6, 6.07) is 14.0. The van der Waals surface area contributed by atoms with Gasteiger partial charge in [0.2, 0.25) is 0 Å². The van der Waals surface area contributed by atoms with E-state index in [1.54, 1.807) is 17.4 Å². The molecule has 0 fully saturated rings. The Kier molecular flexibility index (Phi) is 8.93. The van der Waals surface area contributed by atoms with Gasteiger partial charge in [-0.3, -0.25) is 0 Å². The number of aliphatic imine (C=N–C) groups is 1. The van der Waals surface area contributed by atoms with Gasteiger partial charge in [0.1, 0.15) is 0 Å². The Balaban J connectivity index is 0.00000312. The lowest BCUT2D eigenvalue weighted by atomic mass is 9.91. The second-order valence-electron chi connectivity index (χ2n) is 6.22. The Morgan fingerprint density at radius 1 is 1.24 bits per heavy atom. The number of nitriles is 1. The molecule has 6 heteroatoms. The molecule has 0 aliphatic heterocycles. The maximum absolute atomic E-state index is 8.98. The lowest BCUT2D eigenvalue weighted by Crippen LogP contribution is -2.43. The summed E-state index contributed by atoms with van der Waals surface area (Å²) in [6.45, 7) is 8.67. The van der Waals surface area contributed by atoms with Gasteiger partial charge >= 0.3 is 0 Å². The molecular formula is C19H25IN4S. The van der Waals surface area contributed by atoms with Crippen molar-refractivity contribution in [2.75, 3.05) is 13.1 Å². The molecule has 2 rings (SSSR count). The first-order chi connectivity index (χ1) is 11.5. The van der Waals surface area contributed by atoms with Crippen molar-refractivity contribution in [3.8, 4) is 6.07 Å².